The van der Waals surface area contributed by atoms with Gasteiger partial charge in [0, 0.05) is 11.6 Å². The first-order valence-electron chi connectivity index (χ1n) is 6.93. The first-order valence-corrected chi connectivity index (χ1v) is 6.93. The van der Waals surface area contributed by atoms with Gasteiger partial charge >= 0.3 is 5.97 Å². The Labute approximate surface area is 128 Å². The molecular weight excluding hydrogens is 284 g/mol. The summed E-state index contributed by atoms with van der Waals surface area (Å²) in [5.74, 6) is -0.502. The third-order valence-corrected chi connectivity index (χ3v) is 3.53. The van der Waals surface area contributed by atoms with Crippen molar-refractivity contribution in [2.24, 2.45) is 0 Å². The lowest BCUT2D eigenvalue weighted by atomic mass is 9.99. The van der Waals surface area contributed by atoms with E-state index in [0.717, 1.165) is 5.56 Å². The maximum atomic E-state index is 12.2. The van der Waals surface area contributed by atoms with Crippen LogP contribution < -0.4 is 5.32 Å². The van der Waals surface area contributed by atoms with E-state index in [4.69, 9.17) is 9.26 Å². The lowest BCUT2D eigenvalue weighted by Crippen LogP contribution is -2.52. The lowest BCUT2D eigenvalue weighted by Gasteiger charge is -2.25. The van der Waals surface area contributed by atoms with Gasteiger partial charge in [-0.05, 0) is 13.3 Å². The molecule has 0 saturated heterocycles. The summed E-state index contributed by atoms with van der Waals surface area (Å²) < 4.78 is 9.90. The molecule has 0 bridgehead atoms. The zero-order chi connectivity index (χ0) is 16.2. The van der Waals surface area contributed by atoms with E-state index in [-0.39, 0.29) is 5.69 Å². The number of benzene rings is 1. The van der Waals surface area contributed by atoms with Crippen molar-refractivity contribution in [1.29, 1.82) is 0 Å². The molecule has 116 valence electrons. The van der Waals surface area contributed by atoms with E-state index in [1.54, 1.807) is 13.8 Å². The number of rotatable bonds is 5. The minimum atomic E-state index is -1.10. The summed E-state index contributed by atoms with van der Waals surface area (Å²) in [5, 5.41) is 6.40. The van der Waals surface area contributed by atoms with Crippen molar-refractivity contribution in [2.75, 3.05) is 7.11 Å². The monoisotopic (exact) mass is 302 g/mol. The van der Waals surface area contributed by atoms with Crippen molar-refractivity contribution < 1.29 is 18.8 Å². The second kappa shape index (κ2) is 6.43. The molecule has 1 aromatic carbocycles. The van der Waals surface area contributed by atoms with Crippen LogP contribution in [0.1, 0.15) is 30.8 Å². The second-order valence-electron chi connectivity index (χ2n) is 5.07. The molecule has 1 heterocycles. The van der Waals surface area contributed by atoms with E-state index < -0.39 is 17.4 Å². The van der Waals surface area contributed by atoms with Crippen molar-refractivity contribution in [3.05, 3.63) is 42.1 Å². The largest absolute Gasteiger partial charge is 0.467 e. The first kappa shape index (κ1) is 15.8. The van der Waals surface area contributed by atoms with E-state index in [2.05, 4.69) is 10.5 Å². The Morgan fingerprint density at radius 1 is 1.32 bits per heavy atom. The molecule has 0 aliphatic rings. The number of nitrogens with one attached hydrogen (secondary N) is 1. The number of esters is 1. The fourth-order valence-corrected chi connectivity index (χ4v) is 1.94. The molecule has 22 heavy (non-hydrogen) atoms. The number of carbonyl (C=O) groups excluding carboxylic acids is 2. The highest BCUT2D eigenvalue weighted by molar-refractivity contribution is 5.97. The van der Waals surface area contributed by atoms with Gasteiger partial charge in [-0.15, -0.1) is 0 Å². The van der Waals surface area contributed by atoms with Gasteiger partial charge in [0.25, 0.3) is 5.91 Å². The number of methoxy groups -OCH3 is 1. The van der Waals surface area contributed by atoms with Gasteiger partial charge < -0.3 is 14.6 Å². The van der Waals surface area contributed by atoms with Crippen molar-refractivity contribution >= 4 is 11.9 Å². The van der Waals surface area contributed by atoms with Crippen LogP contribution in [0.4, 0.5) is 0 Å². The molecule has 0 unspecified atom stereocenters. The van der Waals surface area contributed by atoms with Crippen LogP contribution in [0.25, 0.3) is 11.3 Å². The van der Waals surface area contributed by atoms with Gasteiger partial charge in [-0.2, -0.15) is 0 Å². The summed E-state index contributed by atoms with van der Waals surface area (Å²) >= 11 is 0. The first-order chi connectivity index (χ1) is 10.5. The van der Waals surface area contributed by atoms with Gasteiger partial charge in [0.1, 0.15) is 5.54 Å². The van der Waals surface area contributed by atoms with Crippen LogP contribution in [0.3, 0.4) is 0 Å². The number of carbonyl (C=O) groups is 2. The molecule has 1 atom stereocenters. The summed E-state index contributed by atoms with van der Waals surface area (Å²) in [7, 11) is 1.28. The molecule has 0 saturated carbocycles. The molecule has 2 rings (SSSR count). The molecule has 0 aliphatic carbocycles. The minimum Gasteiger partial charge on any atom is -0.467 e. The van der Waals surface area contributed by atoms with E-state index in [9.17, 15) is 9.59 Å². The van der Waals surface area contributed by atoms with Crippen LogP contribution in [0.5, 0.6) is 0 Å². The Hall–Kier alpha value is -2.63. The molecule has 0 aliphatic heterocycles. The van der Waals surface area contributed by atoms with Gasteiger partial charge in [-0.3, -0.25) is 4.79 Å². The second-order valence-corrected chi connectivity index (χ2v) is 5.07. The molecular formula is C16H18N2O4. The molecule has 0 spiro atoms. The summed E-state index contributed by atoms with van der Waals surface area (Å²) in [5.41, 5.74) is -0.166. The van der Waals surface area contributed by atoms with Gasteiger partial charge in [-0.25, -0.2) is 4.79 Å². The predicted octanol–water partition coefficient (Wildman–Crippen LogP) is 2.41. The number of hydrogen-bond acceptors (Lipinski definition) is 5. The molecule has 6 heteroatoms. The smallest absolute Gasteiger partial charge is 0.331 e. The Morgan fingerprint density at radius 3 is 2.59 bits per heavy atom. The van der Waals surface area contributed by atoms with Crippen molar-refractivity contribution in [2.45, 2.75) is 25.8 Å². The van der Waals surface area contributed by atoms with E-state index in [1.807, 2.05) is 30.3 Å². The summed E-state index contributed by atoms with van der Waals surface area (Å²) in [6, 6.07) is 10.9. The topological polar surface area (TPSA) is 81.4 Å². The SMILES string of the molecule is CC[C@@](C)(NC(=O)c1cc(-c2ccccc2)on1)C(=O)OC. The summed E-state index contributed by atoms with van der Waals surface area (Å²) in [4.78, 5) is 24.0. The van der Waals surface area contributed by atoms with Gasteiger partial charge in [0.05, 0.1) is 7.11 Å². The van der Waals surface area contributed by atoms with Crippen LogP contribution in [-0.4, -0.2) is 29.7 Å². The van der Waals surface area contributed by atoms with Gasteiger partial charge in [0.2, 0.25) is 0 Å². The molecule has 0 fully saturated rings. The number of nitrogens with zero attached hydrogens (tertiary/aromatic N) is 1. The number of hydrogen-bond donors (Lipinski definition) is 1. The third-order valence-electron chi connectivity index (χ3n) is 3.53. The van der Waals surface area contributed by atoms with Crippen molar-refractivity contribution in [1.82, 2.24) is 10.5 Å². The highest BCUT2D eigenvalue weighted by atomic mass is 16.5. The molecule has 6 nitrogen and oxygen atoms in total. The fourth-order valence-electron chi connectivity index (χ4n) is 1.94. The highest BCUT2D eigenvalue weighted by Gasteiger charge is 2.35. The molecule has 0 radical (unpaired) electrons. The standard InChI is InChI=1S/C16H18N2O4/c1-4-16(2,15(20)21-3)17-14(19)12-10-13(22-18-12)11-8-6-5-7-9-11/h5-10H,4H2,1-3H3,(H,17,19)/t16-/m1/s1. The van der Waals surface area contributed by atoms with E-state index in [1.165, 1.54) is 13.2 Å². The van der Waals surface area contributed by atoms with Crippen LogP contribution in [-0.2, 0) is 9.53 Å². The zero-order valence-electron chi connectivity index (χ0n) is 12.8. The molecule has 1 amide bonds. The van der Waals surface area contributed by atoms with Crippen LogP contribution in [0.15, 0.2) is 40.9 Å². The van der Waals surface area contributed by atoms with Crippen molar-refractivity contribution in [3.8, 4) is 11.3 Å². The normalized spacial score (nSPS) is 13.2. The maximum absolute atomic E-state index is 12.2. The summed E-state index contributed by atoms with van der Waals surface area (Å²) in [6.07, 6.45) is 0.398. The molecule has 1 aromatic heterocycles. The minimum absolute atomic E-state index is 0.113. The van der Waals surface area contributed by atoms with Crippen LogP contribution in [0, 0.1) is 0 Å². The molecule has 1 N–H and O–H groups in total. The quantitative estimate of drug-likeness (QED) is 0.858. The fraction of sp³-hybridized carbons (Fsp3) is 0.312. The zero-order valence-corrected chi connectivity index (χ0v) is 12.8. The average molecular weight is 302 g/mol. The Balaban J connectivity index is 2.17. The number of ether oxygens (including phenoxy) is 1. The van der Waals surface area contributed by atoms with Crippen LogP contribution in [0.2, 0.25) is 0 Å². The Bertz CT molecular complexity index is 666. The van der Waals surface area contributed by atoms with Crippen molar-refractivity contribution in [3.63, 3.8) is 0 Å². The maximum Gasteiger partial charge on any atom is 0.331 e. The average Bonchev–Trinajstić information content (AvgIpc) is 3.04. The Kier molecular flexibility index (Phi) is 4.60. The predicted molar refractivity (Wildman–Crippen MR) is 80.1 cm³/mol. The van der Waals surface area contributed by atoms with Gasteiger partial charge in [0.15, 0.2) is 11.5 Å². The number of amides is 1. The van der Waals surface area contributed by atoms with Crippen LogP contribution >= 0.6 is 0 Å². The molecule has 2 aromatic rings. The Morgan fingerprint density at radius 2 is 2.00 bits per heavy atom. The van der Waals surface area contributed by atoms with E-state index in [0.29, 0.717) is 12.2 Å². The van der Waals surface area contributed by atoms with E-state index >= 15 is 0 Å². The number of aromatic nitrogens is 1. The highest BCUT2D eigenvalue weighted by Crippen LogP contribution is 2.20. The lowest BCUT2D eigenvalue weighted by molar-refractivity contribution is -0.147. The third kappa shape index (κ3) is 3.16. The van der Waals surface area contributed by atoms with Gasteiger partial charge in [-0.1, -0.05) is 42.4 Å². The summed E-state index contributed by atoms with van der Waals surface area (Å²) in [6.45, 7) is 3.39.